The number of halogens is 1. The first-order valence-corrected chi connectivity index (χ1v) is 10.7. The van der Waals surface area contributed by atoms with Gasteiger partial charge in [0, 0.05) is 13.1 Å². The molecule has 1 aromatic carbocycles. The molecule has 2 heterocycles. The molecule has 2 N–H and O–H groups in total. The second-order valence-corrected chi connectivity index (χ2v) is 8.67. The van der Waals surface area contributed by atoms with Crippen molar-refractivity contribution in [2.24, 2.45) is 5.10 Å². The van der Waals surface area contributed by atoms with Crippen LogP contribution in [-0.4, -0.2) is 55.3 Å². The van der Waals surface area contributed by atoms with E-state index < -0.39 is 20.8 Å². The van der Waals surface area contributed by atoms with E-state index in [4.69, 9.17) is 33.0 Å². The van der Waals surface area contributed by atoms with Crippen LogP contribution in [0.15, 0.2) is 44.7 Å². The summed E-state index contributed by atoms with van der Waals surface area (Å²) in [5.41, 5.74) is 2.76. The SMILES string of the molecule is O=[N+]([O-])c1ccc(C=NNC(=S)Nc2cc(S(=O)(=O)N3CCOCC3)ccc2Cl)o1. The summed E-state index contributed by atoms with van der Waals surface area (Å²) < 4.78 is 37.0. The van der Waals surface area contributed by atoms with E-state index in [1.54, 1.807) is 0 Å². The number of rotatable bonds is 6. The van der Waals surface area contributed by atoms with Crippen LogP contribution in [0.4, 0.5) is 11.6 Å². The Kier molecular flexibility index (Phi) is 6.99. The lowest BCUT2D eigenvalue weighted by atomic mass is 10.3. The van der Waals surface area contributed by atoms with Gasteiger partial charge in [0.05, 0.1) is 41.1 Å². The summed E-state index contributed by atoms with van der Waals surface area (Å²) in [6, 6.07) is 6.80. The molecule has 14 heteroatoms. The Hall–Kier alpha value is -2.58. The maximum Gasteiger partial charge on any atom is 0.433 e. The number of nitro groups is 1. The summed E-state index contributed by atoms with van der Waals surface area (Å²) in [5.74, 6) is -0.268. The molecule has 0 unspecified atom stereocenters. The molecule has 0 spiro atoms. The number of nitrogens with one attached hydrogen (secondary N) is 2. The Morgan fingerprint density at radius 2 is 2.03 bits per heavy atom. The largest absolute Gasteiger partial charge is 0.433 e. The fraction of sp³-hybridized carbons (Fsp3) is 0.250. The summed E-state index contributed by atoms with van der Waals surface area (Å²) in [6.07, 6.45) is 1.20. The quantitative estimate of drug-likeness (QED) is 0.279. The van der Waals surface area contributed by atoms with E-state index in [1.165, 1.54) is 40.9 Å². The van der Waals surface area contributed by atoms with E-state index in [0.29, 0.717) is 13.2 Å². The van der Waals surface area contributed by atoms with Crippen LogP contribution >= 0.6 is 23.8 Å². The van der Waals surface area contributed by atoms with Gasteiger partial charge in [-0.25, -0.2) is 8.42 Å². The molecular weight excluding hydrogens is 458 g/mol. The molecule has 2 aromatic rings. The minimum absolute atomic E-state index is 0.0233. The zero-order valence-corrected chi connectivity index (χ0v) is 17.7. The highest BCUT2D eigenvalue weighted by Gasteiger charge is 2.27. The summed E-state index contributed by atoms with van der Waals surface area (Å²) in [4.78, 5) is 9.98. The molecule has 0 aliphatic carbocycles. The molecule has 0 saturated carbocycles. The lowest BCUT2D eigenvalue weighted by Crippen LogP contribution is -2.40. The number of anilines is 1. The number of thiocarbonyl (C=S) groups is 1. The summed E-state index contributed by atoms with van der Waals surface area (Å²) in [7, 11) is -3.70. The van der Waals surface area contributed by atoms with Crippen molar-refractivity contribution in [3.8, 4) is 0 Å². The van der Waals surface area contributed by atoms with Gasteiger partial charge in [-0.05, 0) is 36.5 Å². The van der Waals surface area contributed by atoms with Crippen LogP contribution < -0.4 is 10.7 Å². The standard InChI is InChI=1S/C16H16ClN5O6S2/c17-13-3-2-12(30(25,26)21-5-7-27-8-6-21)9-14(13)19-16(29)20-18-10-11-1-4-15(28-11)22(23)24/h1-4,9-10H,5-8H2,(H2,19,20,29). The third-order valence-electron chi connectivity index (χ3n) is 3.94. The molecule has 1 saturated heterocycles. The van der Waals surface area contributed by atoms with Gasteiger partial charge >= 0.3 is 5.88 Å². The van der Waals surface area contributed by atoms with Gasteiger partial charge in [0.25, 0.3) is 0 Å². The maximum atomic E-state index is 12.8. The highest BCUT2D eigenvalue weighted by atomic mass is 35.5. The number of hydrogen-bond donors (Lipinski definition) is 2. The number of ether oxygens (including phenoxy) is 1. The van der Waals surface area contributed by atoms with Gasteiger partial charge in [-0.15, -0.1) is 0 Å². The van der Waals surface area contributed by atoms with Gasteiger partial charge in [-0.2, -0.15) is 9.41 Å². The second-order valence-electron chi connectivity index (χ2n) is 5.92. The van der Waals surface area contributed by atoms with Crippen molar-refractivity contribution in [2.75, 3.05) is 31.6 Å². The molecule has 1 aliphatic heterocycles. The van der Waals surface area contributed by atoms with Crippen molar-refractivity contribution in [1.82, 2.24) is 9.73 Å². The Morgan fingerprint density at radius 1 is 1.30 bits per heavy atom. The summed E-state index contributed by atoms with van der Waals surface area (Å²) in [5, 5.41) is 17.4. The zero-order valence-electron chi connectivity index (χ0n) is 15.3. The topological polar surface area (TPSA) is 139 Å². The predicted octanol–water partition coefficient (Wildman–Crippen LogP) is 2.18. The lowest BCUT2D eigenvalue weighted by Gasteiger charge is -2.26. The predicted molar refractivity (Wildman–Crippen MR) is 113 cm³/mol. The second kappa shape index (κ2) is 9.49. The van der Waals surface area contributed by atoms with Crippen molar-refractivity contribution in [3.63, 3.8) is 0 Å². The van der Waals surface area contributed by atoms with Gasteiger partial charge < -0.3 is 14.5 Å². The van der Waals surface area contributed by atoms with E-state index in [-0.39, 0.29) is 39.6 Å². The highest BCUT2D eigenvalue weighted by molar-refractivity contribution is 7.89. The zero-order chi connectivity index (χ0) is 21.7. The van der Waals surface area contributed by atoms with Crippen LogP contribution in [0.5, 0.6) is 0 Å². The Labute approximate surface area is 181 Å². The Bertz CT molecular complexity index is 1080. The molecule has 3 rings (SSSR count). The third-order valence-corrected chi connectivity index (χ3v) is 6.36. The van der Waals surface area contributed by atoms with Crippen LogP contribution in [0.1, 0.15) is 5.76 Å². The first-order valence-electron chi connectivity index (χ1n) is 8.49. The van der Waals surface area contributed by atoms with E-state index >= 15 is 0 Å². The monoisotopic (exact) mass is 473 g/mol. The summed E-state index contributed by atoms with van der Waals surface area (Å²) in [6.45, 7) is 1.21. The van der Waals surface area contributed by atoms with Crippen LogP contribution in [0, 0.1) is 10.1 Å². The molecule has 11 nitrogen and oxygen atoms in total. The number of sulfonamides is 1. The molecule has 0 bridgehead atoms. The minimum atomic E-state index is -3.70. The van der Waals surface area contributed by atoms with Crippen LogP contribution in [0.2, 0.25) is 5.02 Å². The van der Waals surface area contributed by atoms with Crippen molar-refractivity contribution in [2.45, 2.75) is 4.90 Å². The average molecular weight is 474 g/mol. The first-order chi connectivity index (χ1) is 14.3. The molecule has 30 heavy (non-hydrogen) atoms. The number of benzene rings is 1. The van der Waals surface area contributed by atoms with Crippen molar-refractivity contribution in [3.05, 3.63) is 51.2 Å². The molecular formula is C16H16ClN5O6S2. The lowest BCUT2D eigenvalue weighted by molar-refractivity contribution is -0.402. The van der Waals surface area contributed by atoms with Gasteiger partial charge in [0.1, 0.15) is 4.92 Å². The fourth-order valence-corrected chi connectivity index (χ4v) is 4.27. The van der Waals surface area contributed by atoms with E-state index in [2.05, 4.69) is 15.8 Å². The molecule has 1 aromatic heterocycles. The number of furan rings is 1. The number of morpholine rings is 1. The molecule has 160 valence electrons. The van der Waals surface area contributed by atoms with Crippen LogP contribution in [0.25, 0.3) is 0 Å². The van der Waals surface area contributed by atoms with Crippen molar-refractivity contribution >= 4 is 56.7 Å². The Morgan fingerprint density at radius 3 is 2.70 bits per heavy atom. The average Bonchev–Trinajstić information content (AvgIpc) is 3.19. The van der Waals surface area contributed by atoms with Crippen LogP contribution in [-0.2, 0) is 14.8 Å². The maximum absolute atomic E-state index is 12.8. The van der Waals surface area contributed by atoms with Gasteiger partial charge in [0.15, 0.2) is 10.9 Å². The van der Waals surface area contributed by atoms with Crippen molar-refractivity contribution < 1.29 is 22.5 Å². The van der Waals surface area contributed by atoms with Crippen molar-refractivity contribution in [1.29, 1.82) is 0 Å². The smallest absolute Gasteiger partial charge is 0.400 e. The normalized spacial score (nSPS) is 15.2. The molecule has 0 radical (unpaired) electrons. The first kappa shape index (κ1) is 22.1. The minimum Gasteiger partial charge on any atom is -0.400 e. The summed E-state index contributed by atoms with van der Waals surface area (Å²) >= 11 is 11.3. The Balaban J connectivity index is 1.66. The highest BCUT2D eigenvalue weighted by Crippen LogP contribution is 2.27. The van der Waals surface area contributed by atoms with E-state index in [0.717, 1.165) is 0 Å². The van der Waals surface area contributed by atoms with Gasteiger partial charge in [0.2, 0.25) is 10.0 Å². The number of hydrazone groups is 1. The number of hydrogen-bond acceptors (Lipinski definition) is 8. The van der Waals surface area contributed by atoms with E-state index in [1.807, 2.05) is 0 Å². The van der Waals surface area contributed by atoms with Crippen LogP contribution in [0.3, 0.4) is 0 Å². The number of nitrogens with zero attached hydrogens (tertiary/aromatic N) is 3. The van der Waals surface area contributed by atoms with Gasteiger partial charge in [-0.3, -0.25) is 15.5 Å². The van der Waals surface area contributed by atoms with Gasteiger partial charge in [-0.1, -0.05) is 11.6 Å². The third kappa shape index (κ3) is 5.31. The molecule has 1 fully saturated rings. The molecule has 0 atom stereocenters. The molecule has 1 aliphatic rings. The molecule has 0 amide bonds. The van der Waals surface area contributed by atoms with E-state index in [9.17, 15) is 18.5 Å². The fourth-order valence-electron chi connectivity index (χ4n) is 2.51.